The minimum atomic E-state index is -3.73. The van der Waals surface area contributed by atoms with Gasteiger partial charge < -0.3 is 5.10 Å². The molecule has 0 fully saturated rings. The number of aromatic nitrogens is 5. The number of fused-ring (bicyclic) bond motifs is 2. The van der Waals surface area contributed by atoms with Crippen LogP contribution in [-0.2, 0) is 9.84 Å². The Morgan fingerprint density at radius 1 is 0.967 bits per heavy atom. The van der Waals surface area contributed by atoms with E-state index < -0.39 is 15.1 Å². The molecular formula is C21H16IN5O2S. The van der Waals surface area contributed by atoms with E-state index in [1.807, 2.05) is 48.5 Å². The monoisotopic (exact) mass is 529 g/mol. The van der Waals surface area contributed by atoms with Gasteiger partial charge in [-0.25, -0.2) is 18.4 Å². The highest BCUT2D eigenvalue weighted by molar-refractivity contribution is 14.1. The van der Waals surface area contributed by atoms with Crippen molar-refractivity contribution in [3.8, 4) is 11.3 Å². The maximum atomic E-state index is 13.2. The molecule has 7 nitrogen and oxygen atoms in total. The maximum Gasteiger partial charge on any atom is 0.248 e. The second kappa shape index (κ2) is 7.17. The Morgan fingerprint density at radius 3 is 2.40 bits per heavy atom. The van der Waals surface area contributed by atoms with Crippen molar-refractivity contribution in [2.45, 2.75) is 17.3 Å². The topological polar surface area (TPSA) is 104 Å². The number of pyridine rings is 1. The third-order valence-corrected chi connectivity index (χ3v) is 8.03. The van der Waals surface area contributed by atoms with Gasteiger partial charge in [0.1, 0.15) is 0 Å². The lowest BCUT2D eigenvalue weighted by Crippen LogP contribution is -2.13. The van der Waals surface area contributed by atoms with Crippen LogP contribution in [0.15, 0.2) is 66.1 Å². The third-order valence-electron chi connectivity index (χ3n) is 5.17. The first kappa shape index (κ1) is 19.2. The molecule has 0 saturated heterocycles. The molecule has 5 rings (SSSR count). The second-order valence-corrected chi connectivity index (χ2v) is 10.3. The highest BCUT2D eigenvalue weighted by Gasteiger charge is 2.30. The van der Waals surface area contributed by atoms with E-state index in [4.69, 9.17) is 0 Å². The number of hydrogen-bond donors (Lipinski definition) is 2. The van der Waals surface area contributed by atoms with E-state index in [1.54, 1.807) is 19.3 Å². The van der Waals surface area contributed by atoms with Crippen LogP contribution in [-0.4, -0.2) is 33.6 Å². The normalized spacial score (nSPS) is 13.1. The molecule has 0 aliphatic carbocycles. The molecule has 5 aromatic rings. The average molecular weight is 529 g/mol. The van der Waals surface area contributed by atoms with E-state index in [-0.39, 0.29) is 5.16 Å². The molecule has 3 aromatic heterocycles. The van der Waals surface area contributed by atoms with Gasteiger partial charge in [-0.3, -0.25) is 10.1 Å². The lowest BCUT2D eigenvalue weighted by atomic mass is 10.1. The van der Waals surface area contributed by atoms with Crippen molar-refractivity contribution in [3.05, 3.63) is 70.1 Å². The molecule has 2 N–H and O–H groups in total. The Morgan fingerprint density at radius 2 is 1.67 bits per heavy atom. The zero-order valence-electron chi connectivity index (χ0n) is 15.8. The van der Waals surface area contributed by atoms with Gasteiger partial charge in [0.2, 0.25) is 15.0 Å². The number of H-pyrrole nitrogens is 2. The molecule has 0 spiro atoms. The number of nitrogens with one attached hydrogen (secondary N) is 2. The van der Waals surface area contributed by atoms with Crippen LogP contribution in [0.2, 0.25) is 0 Å². The summed E-state index contributed by atoms with van der Waals surface area (Å²) in [6, 6.07) is 14.9. The number of rotatable bonds is 4. The van der Waals surface area contributed by atoms with Crippen molar-refractivity contribution in [2.24, 2.45) is 0 Å². The van der Waals surface area contributed by atoms with E-state index in [0.29, 0.717) is 11.0 Å². The summed E-state index contributed by atoms with van der Waals surface area (Å²) in [5, 5.41) is 6.29. The molecular weight excluding hydrogens is 513 g/mol. The van der Waals surface area contributed by atoms with Gasteiger partial charge in [-0.1, -0.05) is 18.2 Å². The summed E-state index contributed by atoms with van der Waals surface area (Å²) in [4.78, 5) is 12.8. The van der Waals surface area contributed by atoms with Crippen LogP contribution in [0.5, 0.6) is 0 Å². The number of hydrogen-bond acceptors (Lipinski definition) is 5. The molecule has 2 aromatic carbocycles. The molecule has 30 heavy (non-hydrogen) atoms. The minimum absolute atomic E-state index is 0.147. The van der Waals surface area contributed by atoms with Crippen molar-refractivity contribution < 1.29 is 8.42 Å². The van der Waals surface area contributed by atoms with Gasteiger partial charge >= 0.3 is 0 Å². The molecule has 0 bridgehead atoms. The lowest BCUT2D eigenvalue weighted by molar-refractivity contribution is 0.579. The van der Waals surface area contributed by atoms with Crippen molar-refractivity contribution in [1.29, 1.82) is 0 Å². The van der Waals surface area contributed by atoms with E-state index in [9.17, 15) is 8.42 Å². The van der Waals surface area contributed by atoms with Crippen molar-refractivity contribution in [1.82, 2.24) is 25.1 Å². The maximum absolute atomic E-state index is 13.2. The van der Waals surface area contributed by atoms with Gasteiger partial charge in [0.15, 0.2) is 0 Å². The Bertz CT molecular complexity index is 1490. The predicted molar refractivity (Wildman–Crippen MR) is 124 cm³/mol. The summed E-state index contributed by atoms with van der Waals surface area (Å²) >= 11 is 2.15. The van der Waals surface area contributed by atoms with Crippen LogP contribution in [0.3, 0.4) is 0 Å². The molecule has 3 heterocycles. The summed E-state index contributed by atoms with van der Waals surface area (Å²) < 4.78 is 27.3. The van der Waals surface area contributed by atoms with Gasteiger partial charge in [-0.05, 0) is 65.4 Å². The number of halogens is 1. The van der Waals surface area contributed by atoms with Gasteiger partial charge in [-0.15, -0.1) is 0 Å². The fraction of sp³-hybridized carbons (Fsp3) is 0.0952. The number of aromatic amines is 2. The Labute approximate surface area is 186 Å². The third kappa shape index (κ3) is 3.08. The van der Waals surface area contributed by atoms with Crippen LogP contribution in [0.25, 0.3) is 33.2 Å². The Balaban J connectivity index is 1.62. The molecule has 0 saturated carbocycles. The largest absolute Gasteiger partial charge is 0.300 e. The molecule has 1 atom stereocenters. The molecule has 0 amide bonds. The van der Waals surface area contributed by atoms with Crippen LogP contribution in [0.4, 0.5) is 0 Å². The smallest absolute Gasteiger partial charge is 0.248 e. The van der Waals surface area contributed by atoms with Crippen LogP contribution < -0.4 is 0 Å². The molecule has 0 radical (unpaired) electrons. The summed E-state index contributed by atoms with van der Waals surface area (Å²) in [6.45, 7) is 1.68. The van der Waals surface area contributed by atoms with Gasteiger partial charge in [-0.2, -0.15) is 0 Å². The highest BCUT2D eigenvalue weighted by Crippen LogP contribution is 2.33. The van der Waals surface area contributed by atoms with Crippen LogP contribution >= 0.6 is 22.6 Å². The van der Waals surface area contributed by atoms with E-state index in [2.05, 4.69) is 47.7 Å². The number of benzene rings is 2. The van der Waals surface area contributed by atoms with E-state index in [1.165, 1.54) is 0 Å². The number of sulfone groups is 1. The Hall–Kier alpha value is -2.79. The number of imidazole rings is 1. The van der Waals surface area contributed by atoms with Gasteiger partial charge in [0, 0.05) is 26.9 Å². The van der Waals surface area contributed by atoms with Crippen molar-refractivity contribution >= 4 is 54.4 Å². The number of nitrogens with zero attached hydrogens (tertiary/aromatic N) is 3. The van der Waals surface area contributed by atoms with Gasteiger partial charge in [0.05, 0.1) is 27.5 Å². The molecule has 150 valence electrons. The Kier molecular flexibility index (Phi) is 4.58. The standard InChI is InChI=1S/C21H16IN5O2S/c1-12(14-4-2-3-5-16(14)22)30(28,29)21-24-18-10-15-17(11-19(18)25-21)26-27-20(15)13-6-8-23-9-7-13/h2-12,26-27H,1H3. The van der Waals surface area contributed by atoms with E-state index in [0.717, 1.165) is 31.3 Å². The first-order valence-corrected chi connectivity index (χ1v) is 11.8. The SMILES string of the molecule is CC(c1ccccc1I)S(=O)(=O)c1nc2cc3[nH][nH]c(-c4ccncc4)c3cc2n1. The summed E-state index contributed by atoms with van der Waals surface area (Å²) in [5.41, 5.74) is 4.49. The van der Waals surface area contributed by atoms with Crippen molar-refractivity contribution in [3.63, 3.8) is 0 Å². The van der Waals surface area contributed by atoms with Crippen LogP contribution in [0.1, 0.15) is 17.7 Å². The molecule has 9 heteroatoms. The first-order valence-electron chi connectivity index (χ1n) is 9.22. The average Bonchev–Trinajstić information content (AvgIpc) is 3.36. The minimum Gasteiger partial charge on any atom is -0.300 e. The summed E-state index contributed by atoms with van der Waals surface area (Å²) in [5.74, 6) is 0. The predicted octanol–water partition coefficient (Wildman–Crippen LogP) is 4.64. The lowest BCUT2D eigenvalue weighted by Gasteiger charge is -2.12. The summed E-state index contributed by atoms with van der Waals surface area (Å²) in [6.07, 6.45) is 3.44. The summed E-state index contributed by atoms with van der Waals surface area (Å²) in [7, 11) is -3.73. The quantitative estimate of drug-likeness (QED) is 0.330. The van der Waals surface area contributed by atoms with E-state index >= 15 is 0 Å². The molecule has 0 aliphatic rings. The molecule has 1 unspecified atom stereocenters. The fourth-order valence-electron chi connectivity index (χ4n) is 3.50. The van der Waals surface area contributed by atoms with Gasteiger partial charge in [0.25, 0.3) is 0 Å². The van der Waals surface area contributed by atoms with Crippen LogP contribution in [0, 0.1) is 3.57 Å². The van der Waals surface area contributed by atoms with Crippen molar-refractivity contribution in [2.75, 3.05) is 0 Å². The highest BCUT2D eigenvalue weighted by atomic mass is 127. The first-order chi connectivity index (χ1) is 14.4. The zero-order chi connectivity index (χ0) is 20.9. The molecule has 0 aliphatic heterocycles. The zero-order valence-corrected chi connectivity index (χ0v) is 18.8. The second-order valence-electron chi connectivity index (χ2n) is 6.96. The fourth-order valence-corrected chi connectivity index (χ4v) is 5.87.